The minimum absolute atomic E-state index is 0.00901. The predicted molar refractivity (Wildman–Crippen MR) is 212 cm³/mol. The zero-order chi connectivity index (χ0) is 42.5. The van der Waals surface area contributed by atoms with Crippen molar-refractivity contribution < 1.29 is 50.2 Å². The Bertz CT molecular complexity index is 2120. The van der Waals surface area contributed by atoms with E-state index in [1.807, 2.05) is 19.1 Å². The Morgan fingerprint density at radius 3 is 2.49 bits per heavy atom. The standard InChI is InChI=1S/C43H55F3N4O8S/c1-5-27-18-26(2)8-6-7-9-29-23-42(29,40(54)48-59(55,56)41(3)11-12-41)24-35(51)34-20-30(58-38-31-21-33(44)36(57-4)19-28(31)10-15-47-38)25-50(34)39(53)32(27)22-37(52)49-16-13-43(45,46)14-17-49/h7,9-10,15,19,21,26-27,29-30,32,34H,5-6,8,11-14,16-18,20,22-25H2,1-4H3,(H,48,54)/b9-7-/t26-,27-,29-,30-,32+,34+,42-/m1/s1. The zero-order valence-electron chi connectivity index (χ0n) is 34.2. The second-order valence-electron chi connectivity index (χ2n) is 17.9. The van der Waals surface area contributed by atoms with Crippen LogP contribution >= 0.6 is 0 Å². The second-order valence-corrected chi connectivity index (χ2v) is 20.1. The van der Waals surface area contributed by atoms with E-state index in [0.29, 0.717) is 42.9 Å². The van der Waals surface area contributed by atoms with Crippen molar-refractivity contribution in [3.63, 3.8) is 0 Å². The number of methoxy groups -OCH3 is 1. The van der Waals surface area contributed by atoms with Crippen molar-refractivity contribution in [1.82, 2.24) is 19.5 Å². The van der Waals surface area contributed by atoms with Crippen LogP contribution in [0.15, 0.2) is 36.5 Å². The molecule has 3 aliphatic heterocycles. The molecule has 2 saturated carbocycles. The van der Waals surface area contributed by atoms with E-state index in [1.54, 1.807) is 13.0 Å². The van der Waals surface area contributed by atoms with Crippen LogP contribution in [0.3, 0.4) is 0 Å². The van der Waals surface area contributed by atoms with Crippen molar-refractivity contribution in [2.75, 3.05) is 26.7 Å². The van der Waals surface area contributed by atoms with E-state index in [9.17, 15) is 36.0 Å². The average molecular weight is 845 g/mol. The number of sulfonamides is 1. The average Bonchev–Trinajstić information content (AvgIpc) is 4.07. The number of ketones is 1. The Morgan fingerprint density at radius 1 is 1.08 bits per heavy atom. The predicted octanol–water partition coefficient (Wildman–Crippen LogP) is 6.36. The lowest BCUT2D eigenvalue weighted by atomic mass is 9.79. The van der Waals surface area contributed by atoms with Crippen LogP contribution in [0, 0.1) is 34.9 Å². The first kappa shape index (κ1) is 42.9. The quantitative estimate of drug-likeness (QED) is 0.285. The zero-order valence-corrected chi connectivity index (χ0v) is 35.0. The molecule has 1 aromatic heterocycles. The smallest absolute Gasteiger partial charge is 0.251 e. The van der Waals surface area contributed by atoms with Crippen LogP contribution in [-0.4, -0.2) is 96.3 Å². The van der Waals surface area contributed by atoms with Crippen LogP contribution in [0.25, 0.3) is 10.8 Å². The maximum absolute atomic E-state index is 15.1. The first-order valence-corrected chi connectivity index (χ1v) is 22.4. The van der Waals surface area contributed by atoms with Gasteiger partial charge in [-0.1, -0.05) is 32.4 Å². The molecule has 3 amide bonds. The van der Waals surface area contributed by atoms with Crippen molar-refractivity contribution in [2.45, 2.75) is 121 Å². The number of rotatable bonds is 9. The van der Waals surface area contributed by atoms with E-state index in [1.165, 1.54) is 35.2 Å². The van der Waals surface area contributed by atoms with Gasteiger partial charge < -0.3 is 19.3 Å². The SMILES string of the molecule is CC[C@@H]1C[C@H](C)CC/C=C\[C@@H]2C[C@@]2(C(=O)NS(=O)(=O)C2(C)CC2)CC(=O)[C@@H]2C[C@@H](Oc3nccc4cc(OC)c(F)cc34)CN2C(=O)[C@H]1CC(=O)N1CCC(F)(F)CC1. The van der Waals surface area contributed by atoms with Gasteiger partial charge in [-0.05, 0) is 86.8 Å². The van der Waals surface area contributed by atoms with Gasteiger partial charge in [-0.25, -0.2) is 26.6 Å². The maximum Gasteiger partial charge on any atom is 0.251 e. The van der Waals surface area contributed by atoms with Crippen LogP contribution in [-0.2, 0) is 29.2 Å². The molecule has 59 heavy (non-hydrogen) atoms. The number of halogens is 3. The number of nitrogens with zero attached hydrogens (tertiary/aromatic N) is 3. The molecule has 2 aromatic rings. The van der Waals surface area contributed by atoms with Gasteiger partial charge in [0.2, 0.25) is 33.6 Å². The molecule has 2 saturated heterocycles. The van der Waals surface area contributed by atoms with E-state index in [-0.39, 0.29) is 68.8 Å². The summed E-state index contributed by atoms with van der Waals surface area (Å²) in [6, 6.07) is 3.31. The Labute approximate surface area is 343 Å². The van der Waals surface area contributed by atoms with E-state index >= 15 is 4.79 Å². The molecule has 7 rings (SSSR count). The number of carbonyl (C=O) groups is 4. The number of nitrogens with one attached hydrogen (secondary N) is 1. The van der Waals surface area contributed by atoms with Gasteiger partial charge in [-0.3, -0.25) is 23.9 Å². The molecular formula is C43H55F3N4O8S. The van der Waals surface area contributed by atoms with Crippen LogP contribution in [0.4, 0.5) is 13.2 Å². The van der Waals surface area contributed by atoms with Crippen molar-refractivity contribution in [1.29, 1.82) is 0 Å². The van der Waals surface area contributed by atoms with Crippen LogP contribution < -0.4 is 14.2 Å². The van der Waals surface area contributed by atoms with Gasteiger partial charge in [0.15, 0.2) is 17.3 Å². The van der Waals surface area contributed by atoms with Crippen LogP contribution in [0.2, 0.25) is 0 Å². The van der Waals surface area contributed by atoms with Gasteiger partial charge in [-0.15, -0.1) is 0 Å². The molecule has 12 nitrogen and oxygen atoms in total. The van der Waals surface area contributed by atoms with Crippen molar-refractivity contribution in [3.05, 3.63) is 42.4 Å². The largest absolute Gasteiger partial charge is 0.494 e. The van der Waals surface area contributed by atoms with Crippen LogP contribution in [0.1, 0.15) is 97.8 Å². The lowest BCUT2D eigenvalue weighted by molar-refractivity contribution is -0.148. The maximum atomic E-state index is 15.1. The summed E-state index contributed by atoms with van der Waals surface area (Å²) in [5.41, 5.74) is -1.35. The molecule has 1 aromatic carbocycles. The minimum Gasteiger partial charge on any atom is -0.494 e. The number of likely N-dealkylation sites (tertiary alicyclic amines) is 1. The summed E-state index contributed by atoms with van der Waals surface area (Å²) in [4.78, 5) is 64.9. The first-order valence-electron chi connectivity index (χ1n) is 20.9. The molecule has 1 N–H and O–H groups in total. The summed E-state index contributed by atoms with van der Waals surface area (Å²) in [5.74, 6) is -6.90. The number of fused-ring (bicyclic) bond motifs is 3. The molecule has 0 bridgehead atoms. The third-order valence-corrected chi connectivity index (χ3v) is 15.8. The highest BCUT2D eigenvalue weighted by Crippen LogP contribution is 2.58. The lowest BCUT2D eigenvalue weighted by Crippen LogP contribution is -2.49. The number of Topliss-reactive ketones (excluding diaryl/α,β-unsaturated/α-hetero) is 1. The molecular weight excluding hydrogens is 790 g/mol. The van der Waals surface area contributed by atoms with E-state index in [2.05, 4.69) is 16.6 Å². The second kappa shape index (κ2) is 16.3. The molecule has 0 unspecified atom stereocenters. The van der Waals surface area contributed by atoms with Crippen molar-refractivity contribution >= 4 is 44.3 Å². The van der Waals surface area contributed by atoms with E-state index in [0.717, 1.165) is 6.42 Å². The Morgan fingerprint density at radius 2 is 1.81 bits per heavy atom. The number of benzene rings is 1. The third-order valence-electron chi connectivity index (χ3n) is 13.7. The number of allylic oxidation sites excluding steroid dienone is 2. The highest BCUT2D eigenvalue weighted by molar-refractivity contribution is 7.91. The number of piperidine rings is 1. The minimum atomic E-state index is -4.01. The summed E-state index contributed by atoms with van der Waals surface area (Å²) >= 11 is 0. The molecule has 5 aliphatic rings. The Kier molecular flexibility index (Phi) is 11.9. The highest BCUT2D eigenvalue weighted by atomic mass is 32.2. The molecule has 7 atom stereocenters. The molecule has 2 aliphatic carbocycles. The monoisotopic (exact) mass is 844 g/mol. The lowest BCUT2D eigenvalue weighted by Gasteiger charge is -2.36. The Balaban J connectivity index is 1.23. The van der Waals surface area contributed by atoms with E-state index in [4.69, 9.17) is 9.47 Å². The topological polar surface area (TPSA) is 152 Å². The molecule has 16 heteroatoms. The fourth-order valence-corrected chi connectivity index (χ4v) is 10.6. The van der Waals surface area contributed by atoms with Crippen molar-refractivity contribution in [3.8, 4) is 11.6 Å². The summed E-state index contributed by atoms with van der Waals surface area (Å²) in [5, 5.41) is 0.926. The van der Waals surface area contributed by atoms with Gasteiger partial charge in [0, 0.05) is 62.7 Å². The number of amides is 3. The van der Waals surface area contributed by atoms with Gasteiger partial charge in [0.05, 0.1) is 29.9 Å². The Hall–Kier alpha value is -4.21. The number of aromatic nitrogens is 1. The molecule has 0 spiro atoms. The van der Waals surface area contributed by atoms with E-state index < -0.39 is 92.3 Å². The number of hydrogen-bond donors (Lipinski definition) is 1. The fourth-order valence-electron chi connectivity index (χ4n) is 9.30. The number of ether oxygens (including phenoxy) is 2. The van der Waals surface area contributed by atoms with Crippen LogP contribution in [0.5, 0.6) is 11.6 Å². The summed E-state index contributed by atoms with van der Waals surface area (Å²) in [7, 11) is -2.66. The fraction of sp³-hybridized carbons (Fsp3) is 0.651. The molecule has 4 fully saturated rings. The van der Waals surface area contributed by atoms with Gasteiger partial charge in [-0.2, -0.15) is 0 Å². The number of carbonyl (C=O) groups excluding carboxylic acids is 4. The normalized spacial score (nSPS) is 31.3. The van der Waals surface area contributed by atoms with Gasteiger partial charge >= 0.3 is 0 Å². The third kappa shape index (κ3) is 8.83. The number of alkyl halides is 2. The molecule has 4 heterocycles. The highest BCUT2D eigenvalue weighted by Gasteiger charge is 2.63. The summed E-state index contributed by atoms with van der Waals surface area (Å²) in [6.07, 6.45) is 6.68. The van der Waals surface area contributed by atoms with Gasteiger partial charge in [0.25, 0.3) is 5.92 Å². The number of pyridine rings is 1. The first-order chi connectivity index (χ1) is 27.9. The summed E-state index contributed by atoms with van der Waals surface area (Å²) < 4.78 is 82.5. The number of hydrogen-bond acceptors (Lipinski definition) is 9. The van der Waals surface area contributed by atoms with Gasteiger partial charge in [0.1, 0.15) is 6.10 Å². The molecule has 0 radical (unpaired) electrons. The molecule has 322 valence electrons. The summed E-state index contributed by atoms with van der Waals surface area (Å²) in [6.45, 7) is 5.26. The van der Waals surface area contributed by atoms with Crippen molar-refractivity contribution in [2.24, 2.45) is 29.1 Å².